The van der Waals surface area contributed by atoms with Crippen molar-refractivity contribution in [2.75, 3.05) is 0 Å². The maximum absolute atomic E-state index is 2.79. The van der Waals surface area contributed by atoms with Gasteiger partial charge in [-0.1, -0.05) is 26.7 Å². The van der Waals surface area contributed by atoms with E-state index in [-0.39, 0.29) is 0 Å². The van der Waals surface area contributed by atoms with Gasteiger partial charge in [0.1, 0.15) is 0 Å². The zero-order valence-corrected chi connectivity index (χ0v) is 38.7. The average Bonchev–Trinajstić information content (AvgIpc) is 3.55. The first-order valence-electron chi connectivity index (χ1n) is 18.3. The van der Waals surface area contributed by atoms with Gasteiger partial charge in [0, 0.05) is 0 Å². The van der Waals surface area contributed by atoms with Crippen molar-refractivity contribution in [3.63, 3.8) is 0 Å². The molecule has 2 aromatic heterocycles. The van der Waals surface area contributed by atoms with Crippen molar-refractivity contribution in [3.8, 4) is 8.87 Å². The van der Waals surface area contributed by atoms with E-state index in [2.05, 4.69) is 55.6 Å². The minimum atomic E-state index is -2.04. The van der Waals surface area contributed by atoms with E-state index in [0.29, 0.717) is 29.0 Å². The Morgan fingerprint density at radius 1 is 0.405 bits per heavy atom. The molecule has 0 aliphatic carbocycles. The van der Waals surface area contributed by atoms with Crippen LogP contribution in [0.1, 0.15) is 153 Å². The SMILES string of the molecule is CCCCCCCCCCCCc1c[c]([Sn]([CH3])([CH3])[CH3])[se]c1-c1[se][c]([Sn]([CH3])([CH3])[CH3])cc1CCCCCCCCCCCC. The van der Waals surface area contributed by atoms with Crippen LogP contribution in [-0.2, 0) is 12.8 Å². The predicted molar refractivity (Wildman–Crippen MR) is 203 cm³/mol. The summed E-state index contributed by atoms with van der Waals surface area (Å²) < 4.78 is 7.74. The molecule has 4 heteroatoms. The number of unbranched alkanes of at least 4 members (excludes halogenated alkanes) is 18. The fraction of sp³-hybridized carbons (Fsp3) is 0.789. The van der Waals surface area contributed by atoms with Crippen molar-refractivity contribution < 1.29 is 0 Å². The zero-order valence-electron chi connectivity index (χ0n) is 29.5. The summed E-state index contributed by atoms with van der Waals surface area (Å²) in [6.45, 7) is 4.64. The molecule has 0 aliphatic rings. The molecule has 0 radical (unpaired) electrons. The van der Waals surface area contributed by atoms with E-state index in [0.717, 1.165) is 0 Å². The van der Waals surface area contributed by atoms with Crippen molar-refractivity contribution in [2.24, 2.45) is 0 Å². The summed E-state index contributed by atoms with van der Waals surface area (Å²) in [4.78, 5) is 16.0. The third-order valence-electron chi connectivity index (χ3n) is 8.90. The van der Waals surface area contributed by atoms with Crippen LogP contribution in [0.2, 0.25) is 29.6 Å². The Morgan fingerprint density at radius 3 is 0.929 bits per heavy atom. The molecule has 0 aliphatic heterocycles. The Kier molecular flexibility index (Phi) is 21.0. The summed E-state index contributed by atoms with van der Waals surface area (Å²) in [5, 5.41) is 0. The molecule has 0 saturated heterocycles. The molecule has 242 valence electrons. The molecule has 0 fully saturated rings. The van der Waals surface area contributed by atoms with Crippen LogP contribution < -0.4 is 4.91 Å². The maximum atomic E-state index is 2.79. The van der Waals surface area contributed by atoms with Crippen LogP contribution in [0.3, 0.4) is 0 Å². The Balaban J connectivity index is 2.01. The molecule has 2 aromatic rings. The molecule has 0 bridgehead atoms. The Labute approximate surface area is 284 Å². The predicted octanol–water partition coefficient (Wildman–Crippen LogP) is 11.5. The first kappa shape index (κ1) is 39.8. The van der Waals surface area contributed by atoms with Crippen molar-refractivity contribution in [3.05, 3.63) is 23.3 Å². The second kappa shape index (κ2) is 22.2. The number of rotatable bonds is 25. The van der Waals surface area contributed by atoms with Gasteiger partial charge in [-0.15, -0.1) is 0 Å². The van der Waals surface area contributed by atoms with E-state index < -0.39 is 36.8 Å². The molecule has 0 atom stereocenters. The number of hydrogen-bond acceptors (Lipinski definition) is 0. The van der Waals surface area contributed by atoms with Gasteiger partial charge in [0.05, 0.1) is 0 Å². The van der Waals surface area contributed by atoms with Crippen LogP contribution in [0.15, 0.2) is 12.1 Å². The summed E-state index contributed by atoms with van der Waals surface area (Å²) in [6, 6.07) is 5.58. The van der Waals surface area contributed by atoms with Crippen LogP contribution >= 0.6 is 0 Å². The normalized spacial score (nSPS) is 12.5. The van der Waals surface area contributed by atoms with Gasteiger partial charge in [-0.25, -0.2) is 0 Å². The van der Waals surface area contributed by atoms with Gasteiger partial charge in [0.15, 0.2) is 0 Å². The van der Waals surface area contributed by atoms with Gasteiger partial charge in [-0.3, -0.25) is 0 Å². The first-order chi connectivity index (χ1) is 20.1. The van der Waals surface area contributed by atoms with Crippen LogP contribution in [0.25, 0.3) is 8.87 Å². The fourth-order valence-corrected chi connectivity index (χ4v) is 27.7. The van der Waals surface area contributed by atoms with Gasteiger partial charge in [-0.05, 0) is 0 Å². The van der Waals surface area contributed by atoms with Gasteiger partial charge >= 0.3 is 261 Å². The average molecular weight is 922 g/mol. The molecule has 0 amide bonds. The Morgan fingerprint density at radius 2 is 0.667 bits per heavy atom. The molecule has 42 heavy (non-hydrogen) atoms. The molecule has 2 rings (SSSR count). The second-order valence-electron chi connectivity index (χ2n) is 15.3. The van der Waals surface area contributed by atoms with Crippen molar-refractivity contribution in [1.29, 1.82) is 0 Å². The molecular formula is C38H70Se2Sn2. The topological polar surface area (TPSA) is 0 Å². The smallest absolute Gasteiger partial charge is 0.0654 e. The Bertz CT molecular complexity index is 879. The van der Waals surface area contributed by atoms with Crippen molar-refractivity contribution in [2.45, 2.75) is 185 Å². The monoisotopic (exact) mass is 926 g/mol. The second-order valence-corrected chi connectivity index (χ2v) is 53.1. The molecule has 0 spiro atoms. The van der Waals surface area contributed by atoms with Gasteiger partial charge in [0.25, 0.3) is 0 Å². The van der Waals surface area contributed by atoms with Gasteiger partial charge < -0.3 is 0 Å². The van der Waals surface area contributed by atoms with Crippen molar-refractivity contribution in [1.82, 2.24) is 0 Å². The Hall–Kier alpha value is 1.60. The van der Waals surface area contributed by atoms with Crippen LogP contribution in [0, 0.1) is 0 Å². The summed E-state index contributed by atoms with van der Waals surface area (Å²) in [6.07, 6.45) is 31.6. The van der Waals surface area contributed by atoms with Crippen LogP contribution in [-0.4, -0.2) is 65.8 Å². The molecule has 0 saturated carbocycles. The molecule has 2 heterocycles. The van der Waals surface area contributed by atoms with E-state index in [1.165, 1.54) is 141 Å². The molecule has 0 unspecified atom stereocenters. The van der Waals surface area contributed by atoms with Gasteiger partial charge in [0.2, 0.25) is 0 Å². The third kappa shape index (κ3) is 15.9. The van der Waals surface area contributed by atoms with Crippen LogP contribution in [0.5, 0.6) is 0 Å². The van der Waals surface area contributed by atoms with E-state index in [4.69, 9.17) is 0 Å². The first-order valence-corrected chi connectivity index (χ1v) is 41.7. The summed E-state index contributed by atoms with van der Waals surface area (Å²) in [5.74, 6) is 0. The van der Waals surface area contributed by atoms with E-state index in [1.54, 1.807) is 0 Å². The standard InChI is InChI=1S/C32H52Se2.6CH3.2Sn/c1-3-5-7-9-11-13-15-17-19-21-23-29-25-27-33-31(29)32-30(26-28-34-32)24-22-20-18-16-14-12-10-8-6-4-2;;;;;;;;/h25-26H,3-24H2,1-2H3;6*1H3;;. The molecule has 0 nitrogen and oxygen atoms in total. The molecular weight excluding hydrogens is 852 g/mol. The minimum absolute atomic E-state index is 0.624. The minimum Gasteiger partial charge on any atom is -0.0654 e. The van der Waals surface area contributed by atoms with E-state index >= 15 is 0 Å². The fourth-order valence-electron chi connectivity index (χ4n) is 5.96. The van der Waals surface area contributed by atoms with E-state index in [9.17, 15) is 0 Å². The molecule has 0 aromatic carbocycles. The van der Waals surface area contributed by atoms with Gasteiger partial charge in [-0.2, -0.15) is 0 Å². The summed E-state index contributed by atoms with van der Waals surface area (Å²) >= 11 is -2.82. The number of hydrogen-bond donors (Lipinski definition) is 0. The quantitative estimate of drug-likeness (QED) is 0.0688. The summed E-state index contributed by atoms with van der Waals surface area (Å²) in [5.41, 5.74) is 3.62. The summed E-state index contributed by atoms with van der Waals surface area (Å²) in [7, 11) is 0. The number of aryl methyl sites for hydroxylation is 2. The zero-order chi connectivity index (χ0) is 30.8. The van der Waals surface area contributed by atoms with Crippen molar-refractivity contribution >= 4 is 70.7 Å². The third-order valence-corrected chi connectivity index (χ3v) is 43.3. The molecule has 0 N–H and O–H groups in total. The van der Waals surface area contributed by atoms with Crippen LogP contribution in [0.4, 0.5) is 0 Å². The van der Waals surface area contributed by atoms with E-state index in [1.807, 2.05) is 24.9 Å².